The molecule has 2 atom stereocenters. The van der Waals surface area contributed by atoms with Crippen LogP contribution in [0, 0.1) is 5.92 Å². The summed E-state index contributed by atoms with van der Waals surface area (Å²) in [5, 5.41) is 10.4. The maximum atomic E-state index is 13.1. The summed E-state index contributed by atoms with van der Waals surface area (Å²) in [7, 11) is 3.91. The summed E-state index contributed by atoms with van der Waals surface area (Å²) in [5.74, 6) is 0.335. The molecule has 0 spiro atoms. The molecule has 206 valence electrons. The van der Waals surface area contributed by atoms with Crippen LogP contribution < -0.4 is 16.0 Å². The highest BCUT2D eigenvalue weighted by Crippen LogP contribution is 2.27. The Balaban J connectivity index is 1.19. The second kappa shape index (κ2) is 12.5. The monoisotopic (exact) mass is 538 g/mol. The van der Waals surface area contributed by atoms with Gasteiger partial charge in [-0.3, -0.25) is 9.59 Å². The number of hydrogen-bond acceptors (Lipinski definition) is 7. The molecule has 3 aromatic heterocycles. The van der Waals surface area contributed by atoms with Crippen LogP contribution in [0.2, 0.25) is 0 Å². The van der Waals surface area contributed by atoms with Gasteiger partial charge in [-0.25, -0.2) is 15.0 Å². The third-order valence-electron chi connectivity index (χ3n) is 6.90. The molecule has 10 nitrogen and oxygen atoms in total. The minimum atomic E-state index is -0.156. The SMILES string of the molecule is CN(C)C/C=C/C(=O)NC1CCCC(C(=O)Nc2cccc(Nc3cc(-c4cnc5[nH]ccc5c4)ncn3)c2)C1. The van der Waals surface area contributed by atoms with E-state index in [1.165, 1.54) is 6.33 Å². The van der Waals surface area contributed by atoms with E-state index in [1.807, 2.05) is 73.7 Å². The Labute approximate surface area is 233 Å². The Morgan fingerprint density at radius 1 is 1.07 bits per heavy atom. The normalized spacial score (nSPS) is 17.3. The maximum Gasteiger partial charge on any atom is 0.243 e. The van der Waals surface area contributed by atoms with E-state index in [1.54, 1.807) is 12.3 Å². The predicted molar refractivity (Wildman–Crippen MR) is 157 cm³/mol. The van der Waals surface area contributed by atoms with Gasteiger partial charge in [0, 0.05) is 65.4 Å². The second-order valence-electron chi connectivity index (χ2n) is 10.4. The van der Waals surface area contributed by atoms with E-state index in [-0.39, 0.29) is 23.8 Å². The van der Waals surface area contributed by atoms with E-state index in [0.717, 1.165) is 47.2 Å². The average Bonchev–Trinajstić information content (AvgIpc) is 3.41. The van der Waals surface area contributed by atoms with E-state index in [9.17, 15) is 9.59 Å². The van der Waals surface area contributed by atoms with Crippen molar-refractivity contribution in [3.63, 3.8) is 0 Å². The summed E-state index contributed by atoms with van der Waals surface area (Å²) in [6.07, 6.45) is 11.8. The number of fused-ring (bicyclic) bond motifs is 1. The summed E-state index contributed by atoms with van der Waals surface area (Å²) in [6, 6.07) is 13.4. The number of H-pyrrole nitrogens is 1. The lowest BCUT2D eigenvalue weighted by atomic mass is 9.85. The zero-order valence-corrected chi connectivity index (χ0v) is 22.7. The van der Waals surface area contributed by atoms with Gasteiger partial charge in [0.15, 0.2) is 0 Å². The van der Waals surface area contributed by atoms with Crippen LogP contribution in [0.25, 0.3) is 22.3 Å². The van der Waals surface area contributed by atoms with Crippen LogP contribution in [0.4, 0.5) is 17.2 Å². The molecule has 3 heterocycles. The molecule has 2 amide bonds. The number of aromatic nitrogens is 4. The minimum absolute atomic E-state index is 0.00544. The van der Waals surface area contributed by atoms with Gasteiger partial charge in [-0.05, 0) is 63.7 Å². The Morgan fingerprint density at radius 3 is 2.83 bits per heavy atom. The van der Waals surface area contributed by atoms with E-state index in [2.05, 4.69) is 35.9 Å². The van der Waals surface area contributed by atoms with Crippen molar-refractivity contribution in [3.8, 4) is 11.3 Å². The molecule has 0 radical (unpaired) electrons. The van der Waals surface area contributed by atoms with Gasteiger partial charge in [0.2, 0.25) is 11.8 Å². The van der Waals surface area contributed by atoms with Crippen molar-refractivity contribution in [1.29, 1.82) is 0 Å². The van der Waals surface area contributed by atoms with Gasteiger partial charge in [0.25, 0.3) is 0 Å². The lowest BCUT2D eigenvalue weighted by Crippen LogP contribution is -2.40. The van der Waals surface area contributed by atoms with Crippen molar-refractivity contribution in [2.24, 2.45) is 5.92 Å². The third kappa shape index (κ3) is 7.09. The first-order valence-electron chi connectivity index (χ1n) is 13.5. The van der Waals surface area contributed by atoms with Gasteiger partial charge < -0.3 is 25.8 Å². The molecular weight excluding hydrogens is 504 g/mol. The molecule has 4 N–H and O–H groups in total. The predicted octanol–water partition coefficient (Wildman–Crippen LogP) is 4.49. The van der Waals surface area contributed by atoms with Crippen molar-refractivity contribution >= 4 is 40.0 Å². The van der Waals surface area contributed by atoms with E-state index < -0.39 is 0 Å². The highest BCUT2D eigenvalue weighted by Gasteiger charge is 2.28. The number of likely N-dealkylation sites (N-methyl/N-ethyl adjacent to an activating group) is 1. The third-order valence-corrected chi connectivity index (χ3v) is 6.90. The van der Waals surface area contributed by atoms with Gasteiger partial charge in [-0.2, -0.15) is 0 Å². The first kappa shape index (κ1) is 27.0. The number of carbonyl (C=O) groups excluding carboxylic acids is 2. The van der Waals surface area contributed by atoms with Crippen molar-refractivity contribution in [3.05, 3.63) is 73.3 Å². The number of pyridine rings is 1. The molecule has 4 aromatic rings. The van der Waals surface area contributed by atoms with Crippen molar-refractivity contribution in [2.45, 2.75) is 31.7 Å². The lowest BCUT2D eigenvalue weighted by molar-refractivity contribution is -0.122. The Morgan fingerprint density at radius 2 is 1.95 bits per heavy atom. The molecule has 1 aromatic carbocycles. The van der Waals surface area contributed by atoms with Gasteiger partial charge in [0.1, 0.15) is 17.8 Å². The first-order valence-corrected chi connectivity index (χ1v) is 13.5. The van der Waals surface area contributed by atoms with E-state index in [4.69, 9.17) is 0 Å². The fraction of sp³-hybridized carbons (Fsp3) is 0.300. The molecule has 1 saturated carbocycles. The molecule has 10 heteroatoms. The number of amides is 2. The quantitative estimate of drug-likeness (QED) is 0.231. The Hall–Kier alpha value is -4.57. The van der Waals surface area contributed by atoms with Gasteiger partial charge in [-0.1, -0.05) is 18.6 Å². The zero-order chi connectivity index (χ0) is 27.9. The van der Waals surface area contributed by atoms with Crippen LogP contribution in [0.15, 0.2) is 73.3 Å². The van der Waals surface area contributed by atoms with Gasteiger partial charge >= 0.3 is 0 Å². The van der Waals surface area contributed by atoms with Crippen LogP contribution in [0.3, 0.4) is 0 Å². The molecular formula is C30H34N8O2. The molecule has 5 rings (SSSR count). The van der Waals surface area contributed by atoms with Crippen LogP contribution in [0.1, 0.15) is 25.7 Å². The summed E-state index contributed by atoms with van der Waals surface area (Å²) in [4.78, 5) is 43.6. The lowest BCUT2D eigenvalue weighted by Gasteiger charge is -2.28. The Bertz CT molecular complexity index is 1510. The van der Waals surface area contributed by atoms with Crippen LogP contribution >= 0.6 is 0 Å². The van der Waals surface area contributed by atoms with E-state index in [0.29, 0.717) is 24.5 Å². The standard InChI is InChI=1S/C30H34N8O2/c1-38(2)13-5-10-28(39)36-23-7-3-6-21(15-23)30(40)37-25-9-4-8-24(16-25)35-27-17-26(33-19-34-27)22-14-20-11-12-31-29(20)32-18-22/h4-5,8-12,14,16-19,21,23H,3,6-7,13,15H2,1-2H3,(H,31,32)(H,36,39)(H,37,40)(H,33,34,35)/b10-5+. The number of nitrogens with one attached hydrogen (secondary N) is 4. The summed E-state index contributed by atoms with van der Waals surface area (Å²) in [6.45, 7) is 0.706. The fourth-order valence-corrected chi connectivity index (χ4v) is 4.91. The molecule has 40 heavy (non-hydrogen) atoms. The number of rotatable bonds is 9. The molecule has 0 saturated heterocycles. The molecule has 1 aliphatic carbocycles. The number of aromatic amines is 1. The molecule has 1 aliphatic rings. The van der Waals surface area contributed by atoms with Gasteiger partial charge in [-0.15, -0.1) is 0 Å². The number of hydrogen-bond donors (Lipinski definition) is 4. The summed E-state index contributed by atoms with van der Waals surface area (Å²) >= 11 is 0. The van der Waals surface area contributed by atoms with Crippen molar-refractivity contribution in [1.82, 2.24) is 30.2 Å². The van der Waals surface area contributed by atoms with Crippen molar-refractivity contribution in [2.75, 3.05) is 31.3 Å². The first-order chi connectivity index (χ1) is 19.4. The Kier molecular flexibility index (Phi) is 8.46. The summed E-state index contributed by atoms with van der Waals surface area (Å²) < 4.78 is 0. The molecule has 1 fully saturated rings. The van der Waals surface area contributed by atoms with Crippen molar-refractivity contribution < 1.29 is 9.59 Å². The summed E-state index contributed by atoms with van der Waals surface area (Å²) in [5.41, 5.74) is 3.97. The molecule has 2 unspecified atom stereocenters. The highest BCUT2D eigenvalue weighted by molar-refractivity contribution is 5.93. The molecule has 0 aliphatic heterocycles. The van der Waals surface area contributed by atoms with Crippen LogP contribution in [-0.2, 0) is 9.59 Å². The number of nitrogens with zero attached hydrogens (tertiary/aromatic N) is 4. The topological polar surface area (TPSA) is 128 Å². The van der Waals surface area contributed by atoms with Crippen LogP contribution in [0.5, 0.6) is 0 Å². The largest absolute Gasteiger partial charge is 0.350 e. The van der Waals surface area contributed by atoms with E-state index >= 15 is 0 Å². The average molecular weight is 539 g/mol. The smallest absolute Gasteiger partial charge is 0.243 e. The number of anilines is 3. The molecule has 0 bridgehead atoms. The number of carbonyl (C=O) groups is 2. The number of benzene rings is 1. The van der Waals surface area contributed by atoms with Gasteiger partial charge in [0.05, 0.1) is 5.69 Å². The maximum absolute atomic E-state index is 13.1. The van der Waals surface area contributed by atoms with Crippen LogP contribution in [-0.4, -0.2) is 63.3 Å². The minimum Gasteiger partial charge on any atom is -0.350 e. The highest BCUT2D eigenvalue weighted by atomic mass is 16.2. The zero-order valence-electron chi connectivity index (χ0n) is 22.7. The fourth-order valence-electron chi connectivity index (χ4n) is 4.91. The second-order valence-corrected chi connectivity index (χ2v) is 10.4.